The van der Waals surface area contributed by atoms with Crippen molar-refractivity contribution in [1.29, 1.82) is 0 Å². The van der Waals surface area contributed by atoms with Gasteiger partial charge in [0.2, 0.25) is 0 Å². The first-order valence-electron chi connectivity index (χ1n) is 8.12. The van der Waals surface area contributed by atoms with Crippen LogP contribution in [0.2, 0.25) is 0 Å². The van der Waals surface area contributed by atoms with Crippen molar-refractivity contribution < 1.29 is 9.21 Å². The Morgan fingerprint density at radius 3 is 2.63 bits per heavy atom. The van der Waals surface area contributed by atoms with Crippen LogP contribution in [0.15, 0.2) is 60.9 Å². The average molecular weight is 419 g/mol. The molecule has 0 radical (unpaired) electrons. The van der Waals surface area contributed by atoms with Crippen LogP contribution in [-0.2, 0) is 10.5 Å². The predicted octanol–water partition coefficient (Wildman–Crippen LogP) is 4.36. The summed E-state index contributed by atoms with van der Waals surface area (Å²) in [5, 5.41) is 12.3. The first-order chi connectivity index (χ1) is 13.1. The van der Waals surface area contributed by atoms with Crippen LogP contribution in [0.3, 0.4) is 0 Å². The van der Waals surface area contributed by atoms with Gasteiger partial charge >= 0.3 is 0 Å². The third kappa shape index (κ3) is 6.23. The van der Waals surface area contributed by atoms with Crippen LogP contribution in [0.25, 0.3) is 0 Å². The van der Waals surface area contributed by atoms with Crippen molar-refractivity contribution in [2.75, 3.05) is 5.75 Å². The number of nitrogens with zero attached hydrogens (tertiary/aromatic N) is 3. The number of carbonyl (C=O) groups is 1. The molecule has 0 fully saturated rings. The second-order valence-electron chi connectivity index (χ2n) is 5.61. The molecule has 140 valence electrons. The lowest BCUT2D eigenvalue weighted by Gasteiger charge is -1.99. The molecular formula is C18H18N4O2S3. The van der Waals surface area contributed by atoms with Crippen molar-refractivity contribution in [2.45, 2.75) is 28.3 Å². The number of benzene rings is 1. The molecule has 27 heavy (non-hydrogen) atoms. The number of hydrogen-bond acceptors (Lipinski definition) is 8. The first kappa shape index (κ1) is 19.7. The van der Waals surface area contributed by atoms with Gasteiger partial charge < -0.3 is 4.42 Å². The maximum atomic E-state index is 11.9. The van der Waals surface area contributed by atoms with E-state index in [0.717, 1.165) is 14.4 Å². The number of furan rings is 1. The molecule has 2 heterocycles. The quantitative estimate of drug-likeness (QED) is 0.332. The normalized spacial score (nSPS) is 11.6. The summed E-state index contributed by atoms with van der Waals surface area (Å²) in [6.45, 7) is 3.85. The zero-order valence-corrected chi connectivity index (χ0v) is 17.3. The Hall–Kier alpha value is -2.10. The van der Waals surface area contributed by atoms with Crippen molar-refractivity contribution in [3.05, 3.63) is 59.5 Å². The van der Waals surface area contributed by atoms with E-state index >= 15 is 0 Å². The number of carbonyl (C=O) groups excluding carboxylic acids is 1. The highest BCUT2D eigenvalue weighted by molar-refractivity contribution is 8.03. The number of rotatable bonds is 8. The molecule has 0 aliphatic rings. The molecule has 0 spiro atoms. The van der Waals surface area contributed by atoms with Gasteiger partial charge in [-0.2, -0.15) is 5.10 Å². The summed E-state index contributed by atoms with van der Waals surface area (Å²) in [5.74, 6) is 1.50. The summed E-state index contributed by atoms with van der Waals surface area (Å²) in [6, 6.07) is 12.0. The van der Waals surface area contributed by atoms with Crippen LogP contribution in [0, 0.1) is 6.92 Å². The molecule has 9 heteroatoms. The van der Waals surface area contributed by atoms with Gasteiger partial charge in [0.1, 0.15) is 11.5 Å². The lowest BCUT2D eigenvalue weighted by atomic mass is 10.2. The number of hydrogen-bond donors (Lipinski definition) is 1. The number of aromatic nitrogens is 2. The second kappa shape index (κ2) is 9.72. The van der Waals surface area contributed by atoms with Gasteiger partial charge in [-0.3, -0.25) is 4.79 Å². The van der Waals surface area contributed by atoms with E-state index in [9.17, 15) is 4.79 Å². The molecule has 0 atom stereocenters. The van der Waals surface area contributed by atoms with E-state index in [1.807, 2.05) is 0 Å². The van der Waals surface area contributed by atoms with Crippen LogP contribution in [-0.4, -0.2) is 27.6 Å². The van der Waals surface area contributed by atoms with Crippen molar-refractivity contribution in [3.8, 4) is 0 Å². The van der Waals surface area contributed by atoms with E-state index in [-0.39, 0.29) is 11.7 Å². The zero-order valence-electron chi connectivity index (χ0n) is 14.8. The molecule has 3 rings (SSSR count). The van der Waals surface area contributed by atoms with Crippen molar-refractivity contribution >= 4 is 46.5 Å². The topological polar surface area (TPSA) is 80.4 Å². The van der Waals surface area contributed by atoms with E-state index in [1.165, 1.54) is 34.2 Å². The Morgan fingerprint density at radius 1 is 1.19 bits per heavy atom. The number of aryl methyl sites for hydroxylation is 1. The zero-order chi connectivity index (χ0) is 19.1. The Morgan fingerprint density at radius 2 is 1.93 bits per heavy atom. The number of nitrogens with one attached hydrogen (secondary N) is 1. The minimum Gasteiger partial charge on any atom is -0.463 e. The summed E-state index contributed by atoms with van der Waals surface area (Å²) in [4.78, 5) is 11.9. The lowest BCUT2D eigenvalue weighted by molar-refractivity contribution is -0.118. The van der Waals surface area contributed by atoms with E-state index < -0.39 is 0 Å². The van der Waals surface area contributed by atoms with Gasteiger partial charge in [0.05, 0.1) is 12.0 Å². The summed E-state index contributed by atoms with van der Waals surface area (Å²) in [6.07, 6.45) is 1.57. The first-order valence-corrected chi connectivity index (χ1v) is 10.9. The summed E-state index contributed by atoms with van der Waals surface area (Å²) < 4.78 is 6.87. The Bertz CT molecular complexity index is 905. The summed E-state index contributed by atoms with van der Waals surface area (Å²) in [7, 11) is 0. The molecule has 3 aromatic rings. The fourth-order valence-electron chi connectivity index (χ4n) is 1.99. The molecule has 0 bridgehead atoms. The molecule has 1 aromatic carbocycles. The Labute approximate surface area is 169 Å². The third-order valence-corrected chi connectivity index (χ3v) is 6.68. The maximum Gasteiger partial charge on any atom is 0.250 e. The number of thioether (sulfide) groups is 2. The highest BCUT2D eigenvalue weighted by Gasteiger charge is 2.09. The maximum absolute atomic E-state index is 11.9. The van der Waals surface area contributed by atoms with E-state index in [2.05, 4.69) is 51.9 Å². The molecule has 0 saturated heterocycles. The van der Waals surface area contributed by atoms with E-state index in [0.29, 0.717) is 11.5 Å². The molecular weight excluding hydrogens is 400 g/mol. The SMILES string of the molecule is CC(=NNC(=O)CSc1nnc(SCc2ccc(C)cc2)s1)c1ccco1. The molecule has 0 saturated carbocycles. The highest BCUT2D eigenvalue weighted by Crippen LogP contribution is 2.30. The number of amides is 1. The smallest absolute Gasteiger partial charge is 0.250 e. The van der Waals surface area contributed by atoms with Crippen LogP contribution in [0.1, 0.15) is 23.8 Å². The third-order valence-electron chi connectivity index (χ3n) is 3.42. The lowest BCUT2D eigenvalue weighted by Crippen LogP contribution is -2.21. The fourth-order valence-corrected chi connectivity index (χ4v) is 4.76. The van der Waals surface area contributed by atoms with Gasteiger partial charge in [0.25, 0.3) is 5.91 Å². The Balaban J connectivity index is 1.43. The molecule has 2 aromatic heterocycles. The van der Waals surface area contributed by atoms with Gasteiger partial charge in [0.15, 0.2) is 8.68 Å². The van der Waals surface area contributed by atoms with Crippen LogP contribution in [0.4, 0.5) is 0 Å². The molecule has 1 amide bonds. The van der Waals surface area contributed by atoms with Gasteiger partial charge in [0, 0.05) is 5.75 Å². The standard InChI is InChI=1S/C18H18N4O2S3/c1-12-5-7-14(8-6-12)10-25-17-21-22-18(27-17)26-11-16(23)20-19-13(2)15-4-3-9-24-15/h3-9H,10-11H2,1-2H3,(H,20,23). The van der Waals surface area contributed by atoms with E-state index in [1.54, 1.807) is 37.1 Å². The van der Waals surface area contributed by atoms with E-state index in [4.69, 9.17) is 4.42 Å². The van der Waals surface area contributed by atoms with Crippen LogP contribution in [0.5, 0.6) is 0 Å². The van der Waals surface area contributed by atoms with Gasteiger partial charge in [-0.25, -0.2) is 5.43 Å². The van der Waals surface area contributed by atoms with Gasteiger partial charge in [-0.05, 0) is 31.5 Å². The van der Waals surface area contributed by atoms with Crippen molar-refractivity contribution in [1.82, 2.24) is 15.6 Å². The number of hydrazone groups is 1. The molecule has 0 unspecified atom stereocenters. The summed E-state index contributed by atoms with van der Waals surface area (Å²) in [5.41, 5.74) is 5.63. The minimum atomic E-state index is -0.199. The van der Waals surface area contributed by atoms with Gasteiger partial charge in [-0.1, -0.05) is 64.7 Å². The second-order valence-corrected chi connectivity index (χ2v) is 9.03. The molecule has 1 N–H and O–H groups in total. The minimum absolute atomic E-state index is 0.199. The average Bonchev–Trinajstić information content (AvgIpc) is 3.36. The molecule has 6 nitrogen and oxygen atoms in total. The largest absolute Gasteiger partial charge is 0.463 e. The monoisotopic (exact) mass is 418 g/mol. The van der Waals surface area contributed by atoms with Crippen molar-refractivity contribution in [2.24, 2.45) is 5.10 Å². The predicted molar refractivity (Wildman–Crippen MR) is 110 cm³/mol. The highest BCUT2D eigenvalue weighted by atomic mass is 32.2. The molecule has 0 aliphatic carbocycles. The fraction of sp³-hybridized carbons (Fsp3) is 0.222. The van der Waals surface area contributed by atoms with Crippen LogP contribution >= 0.6 is 34.9 Å². The molecule has 0 aliphatic heterocycles. The van der Waals surface area contributed by atoms with Crippen molar-refractivity contribution in [3.63, 3.8) is 0 Å². The Kier molecular flexibility index (Phi) is 7.08. The summed E-state index contributed by atoms with van der Waals surface area (Å²) >= 11 is 4.49. The van der Waals surface area contributed by atoms with Gasteiger partial charge in [-0.15, -0.1) is 10.2 Å². The van der Waals surface area contributed by atoms with Crippen LogP contribution < -0.4 is 5.43 Å².